The summed E-state index contributed by atoms with van der Waals surface area (Å²) in [6.07, 6.45) is 0. The van der Waals surface area contributed by atoms with E-state index in [-0.39, 0.29) is 31.5 Å². The Morgan fingerprint density at radius 3 is 2.05 bits per heavy atom. The first-order valence-corrected chi connectivity index (χ1v) is 12.0. The first kappa shape index (κ1) is 30.8. The largest absolute Gasteiger partial charge is 0.398 e. The molecule has 0 amide bonds. The lowest BCUT2D eigenvalue weighted by atomic mass is 10.1. The Hall–Kier alpha value is -4.42. The molecule has 3 N–H and O–H groups in total. The van der Waals surface area contributed by atoms with Crippen molar-refractivity contribution in [3.63, 3.8) is 0 Å². The van der Waals surface area contributed by atoms with Crippen LogP contribution < -0.4 is 5.73 Å². The highest BCUT2D eigenvalue weighted by Gasteiger charge is 2.03. The minimum atomic E-state index is -0.377. The van der Waals surface area contributed by atoms with Gasteiger partial charge in [-0.25, -0.2) is 13.8 Å². The average molecular weight is 529 g/mol. The SMILES string of the molecule is C.CC(=O)c1cccc(C)c1.Cc1cccc(-c2ccc3cc(F)ccc3n2)c1.Nc1ccc(F)cc1CO. The number of ketones is 1. The fraction of sp³-hybridized carbons (Fsp3) is 0.152. The topological polar surface area (TPSA) is 76.2 Å². The van der Waals surface area contributed by atoms with E-state index in [1.165, 1.54) is 35.9 Å². The molecule has 0 unspecified atom stereocenters. The average Bonchev–Trinajstić information content (AvgIpc) is 2.90. The zero-order valence-electron chi connectivity index (χ0n) is 21.6. The maximum atomic E-state index is 13.1. The molecular formula is C33H34F2N2O2. The van der Waals surface area contributed by atoms with Crippen molar-refractivity contribution >= 4 is 22.4 Å². The molecule has 6 heteroatoms. The molecule has 0 aliphatic heterocycles. The number of benzene rings is 4. The van der Waals surface area contributed by atoms with Gasteiger partial charge < -0.3 is 10.8 Å². The van der Waals surface area contributed by atoms with E-state index in [1.807, 2.05) is 55.5 Å². The first-order chi connectivity index (χ1) is 18.2. The zero-order chi connectivity index (χ0) is 27.7. The number of pyridine rings is 1. The number of aryl methyl sites for hydroxylation is 2. The molecule has 4 nitrogen and oxygen atoms in total. The molecule has 0 aliphatic carbocycles. The number of aromatic nitrogens is 1. The molecule has 0 radical (unpaired) electrons. The van der Waals surface area contributed by atoms with Gasteiger partial charge in [0.15, 0.2) is 5.78 Å². The number of carbonyl (C=O) groups is 1. The summed E-state index contributed by atoms with van der Waals surface area (Å²) in [6.45, 7) is 5.39. The van der Waals surface area contributed by atoms with Gasteiger partial charge in [-0.15, -0.1) is 0 Å². The molecule has 1 aromatic heterocycles. The van der Waals surface area contributed by atoms with E-state index in [4.69, 9.17) is 10.8 Å². The van der Waals surface area contributed by atoms with Crippen molar-refractivity contribution < 1.29 is 18.7 Å². The second-order valence-electron chi connectivity index (χ2n) is 8.83. The highest BCUT2D eigenvalue weighted by molar-refractivity contribution is 5.94. The summed E-state index contributed by atoms with van der Waals surface area (Å²) in [6, 6.07) is 28.2. The van der Waals surface area contributed by atoms with Gasteiger partial charge >= 0.3 is 0 Å². The number of nitrogen functional groups attached to an aromatic ring is 1. The van der Waals surface area contributed by atoms with E-state index >= 15 is 0 Å². The molecule has 0 aliphatic rings. The van der Waals surface area contributed by atoms with E-state index in [2.05, 4.69) is 24.0 Å². The first-order valence-electron chi connectivity index (χ1n) is 12.0. The summed E-state index contributed by atoms with van der Waals surface area (Å²) in [5.74, 6) is -0.477. The third-order valence-corrected chi connectivity index (χ3v) is 5.67. The number of fused-ring (bicyclic) bond motifs is 1. The number of hydrogen-bond donors (Lipinski definition) is 2. The molecule has 5 aromatic rings. The molecule has 0 spiro atoms. The maximum Gasteiger partial charge on any atom is 0.159 e. The van der Waals surface area contributed by atoms with Crippen LogP contribution in [0.3, 0.4) is 0 Å². The Kier molecular flexibility index (Phi) is 11.5. The van der Waals surface area contributed by atoms with Gasteiger partial charge in [-0.1, -0.05) is 61.0 Å². The Balaban J connectivity index is 0.000000219. The van der Waals surface area contributed by atoms with Crippen molar-refractivity contribution in [2.45, 2.75) is 34.8 Å². The predicted octanol–water partition coefficient (Wildman–Crippen LogP) is 8.08. The van der Waals surface area contributed by atoms with Crippen LogP contribution in [0.1, 0.15) is 41.4 Å². The Morgan fingerprint density at radius 2 is 1.46 bits per heavy atom. The lowest BCUT2D eigenvalue weighted by Crippen LogP contribution is -1.94. The van der Waals surface area contributed by atoms with Gasteiger partial charge in [0.1, 0.15) is 11.6 Å². The number of rotatable bonds is 3. The summed E-state index contributed by atoms with van der Waals surface area (Å²) in [4.78, 5) is 15.4. The predicted molar refractivity (Wildman–Crippen MR) is 157 cm³/mol. The van der Waals surface area contributed by atoms with Crippen LogP contribution in [-0.2, 0) is 6.61 Å². The number of nitrogens with two attached hydrogens (primary N) is 1. The second kappa shape index (κ2) is 14.5. The highest BCUT2D eigenvalue weighted by atomic mass is 19.1. The number of Topliss-reactive ketones (excluding diaryl/α,β-unsaturated/α-hetero) is 1. The molecule has 0 fully saturated rings. The van der Waals surface area contributed by atoms with Gasteiger partial charge in [0.2, 0.25) is 0 Å². The second-order valence-corrected chi connectivity index (χ2v) is 8.83. The zero-order valence-corrected chi connectivity index (χ0v) is 21.6. The van der Waals surface area contributed by atoms with Crippen molar-refractivity contribution in [1.82, 2.24) is 4.98 Å². The Labute approximate surface area is 228 Å². The molecule has 202 valence electrons. The van der Waals surface area contributed by atoms with E-state index in [0.717, 1.165) is 33.3 Å². The van der Waals surface area contributed by atoms with E-state index in [1.54, 1.807) is 13.0 Å². The lowest BCUT2D eigenvalue weighted by Gasteiger charge is -2.04. The van der Waals surface area contributed by atoms with Crippen molar-refractivity contribution in [3.05, 3.63) is 131 Å². The molecule has 1 heterocycles. The summed E-state index contributed by atoms with van der Waals surface area (Å²) in [7, 11) is 0. The van der Waals surface area contributed by atoms with Crippen LogP contribution in [0.4, 0.5) is 14.5 Å². The number of anilines is 1. The number of nitrogens with zero attached hydrogens (tertiary/aromatic N) is 1. The summed E-state index contributed by atoms with van der Waals surface area (Å²) in [5.41, 5.74) is 12.2. The standard InChI is InChI=1S/C16H12FN.C9H10O.C7H8FNO.CH4/c1-11-3-2-4-12(9-11)15-7-5-13-10-14(17)6-8-16(13)18-15;1-7-4-3-5-9(6-7)8(2)10;8-6-1-2-7(9)5(3-6)4-10;/h2-10H,1H3;3-6H,1-2H3;1-3,10H,4,9H2;1H4. The van der Waals surface area contributed by atoms with E-state index in [9.17, 15) is 13.6 Å². The third kappa shape index (κ3) is 9.13. The number of halogens is 2. The van der Waals surface area contributed by atoms with Crippen molar-refractivity contribution in [3.8, 4) is 11.3 Å². The van der Waals surface area contributed by atoms with E-state index < -0.39 is 0 Å². The van der Waals surface area contributed by atoms with Crippen LogP contribution in [0, 0.1) is 25.5 Å². The van der Waals surface area contributed by atoms with E-state index in [0.29, 0.717) is 11.3 Å². The van der Waals surface area contributed by atoms with Crippen LogP contribution >= 0.6 is 0 Å². The minimum absolute atomic E-state index is 0. The normalized spacial score (nSPS) is 9.90. The molecule has 39 heavy (non-hydrogen) atoms. The Morgan fingerprint density at radius 1 is 0.821 bits per heavy atom. The molecule has 0 saturated heterocycles. The summed E-state index contributed by atoms with van der Waals surface area (Å²) in [5, 5.41) is 9.42. The summed E-state index contributed by atoms with van der Waals surface area (Å²) >= 11 is 0. The number of hydrogen-bond acceptors (Lipinski definition) is 4. The van der Waals surface area contributed by atoms with Gasteiger partial charge in [0.25, 0.3) is 0 Å². The van der Waals surface area contributed by atoms with Crippen LogP contribution in [0.25, 0.3) is 22.2 Å². The third-order valence-electron chi connectivity index (χ3n) is 5.67. The minimum Gasteiger partial charge on any atom is -0.398 e. The molecule has 0 atom stereocenters. The van der Waals surface area contributed by atoms with Crippen LogP contribution in [-0.4, -0.2) is 15.9 Å². The van der Waals surface area contributed by atoms with Crippen LogP contribution in [0.15, 0.2) is 97.1 Å². The van der Waals surface area contributed by atoms with Gasteiger partial charge in [0.05, 0.1) is 17.8 Å². The van der Waals surface area contributed by atoms with Gasteiger partial charge in [0, 0.05) is 27.8 Å². The van der Waals surface area contributed by atoms with Crippen molar-refractivity contribution in [2.24, 2.45) is 0 Å². The van der Waals surface area contributed by atoms with Gasteiger partial charge in [-0.2, -0.15) is 0 Å². The lowest BCUT2D eigenvalue weighted by molar-refractivity contribution is 0.101. The number of carbonyl (C=O) groups excluding carboxylic acids is 1. The van der Waals surface area contributed by atoms with Gasteiger partial charge in [-0.05, 0) is 75.4 Å². The molecule has 0 bridgehead atoms. The van der Waals surface area contributed by atoms with Crippen molar-refractivity contribution in [1.29, 1.82) is 0 Å². The van der Waals surface area contributed by atoms with Gasteiger partial charge in [-0.3, -0.25) is 4.79 Å². The molecule has 5 rings (SSSR count). The smallest absolute Gasteiger partial charge is 0.159 e. The fourth-order valence-electron chi connectivity index (χ4n) is 3.64. The van der Waals surface area contributed by atoms with Crippen LogP contribution in [0.5, 0.6) is 0 Å². The fourth-order valence-corrected chi connectivity index (χ4v) is 3.64. The summed E-state index contributed by atoms with van der Waals surface area (Å²) < 4.78 is 25.5. The molecular weight excluding hydrogens is 494 g/mol. The maximum absolute atomic E-state index is 13.1. The molecule has 0 saturated carbocycles. The van der Waals surface area contributed by atoms with Crippen LogP contribution in [0.2, 0.25) is 0 Å². The van der Waals surface area contributed by atoms with Crippen molar-refractivity contribution in [2.75, 3.05) is 5.73 Å². The monoisotopic (exact) mass is 528 g/mol. The number of aliphatic hydroxyl groups excluding tert-OH is 1. The Bertz CT molecular complexity index is 1550. The molecule has 4 aromatic carbocycles. The quantitative estimate of drug-likeness (QED) is 0.183. The highest BCUT2D eigenvalue weighted by Crippen LogP contribution is 2.22. The number of aliphatic hydroxyl groups is 1.